The minimum absolute atomic E-state index is 0.110. The number of nitrogens with one attached hydrogen (secondary N) is 1. The lowest BCUT2D eigenvalue weighted by atomic mass is 10.1. The standard InChI is InChI=1S/C20H24N4O/c1-15-5-3-4-6-18(15)14-24-8-7-16(13-24)11-22-20(25)19-9-17(10-21)12-23(19)2/h3-6,9,12,16H,7-8,11,13-14H2,1-2H3,(H,22,25)/t16-/m0/s1. The molecule has 25 heavy (non-hydrogen) atoms. The van der Waals surface area contributed by atoms with E-state index in [1.165, 1.54) is 11.1 Å². The number of aryl methyl sites for hydroxylation is 2. The van der Waals surface area contributed by atoms with Crippen molar-refractivity contribution in [2.24, 2.45) is 13.0 Å². The molecule has 1 fully saturated rings. The molecule has 3 rings (SSSR count). The number of hydrogen-bond acceptors (Lipinski definition) is 3. The maximum absolute atomic E-state index is 12.3. The van der Waals surface area contributed by atoms with Gasteiger partial charge in [-0.2, -0.15) is 5.26 Å². The first-order valence-corrected chi connectivity index (χ1v) is 8.68. The molecule has 5 heteroatoms. The number of benzene rings is 1. The van der Waals surface area contributed by atoms with Crippen LogP contribution in [0.3, 0.4) is 0 Å². The monoisotopic (exact) mass is 336 g/mol. The van der Waals surface area contributed by atoms with Gasteiger partial charge in [-0.1, -0.05) is 24.3 Å². The van der Waals surface area contributed by atoms with Gasteiger partial charge in [-0.3, -0.25) is 9.69 Å². The third kappa shape index (κ3) is 4.09. The van der Waals surface area contributed by atoms with E-state index in [-0.39, 0.29) is 5.91 Å². The molecular formula is C20H24N4O. The molecule has 2 aromatic rings. The number of likely N-dealkylation sites (tertiary alicyclic amines) is 1. The Morgan fingerprint density at radius 1 is 1.40 bits per heavy atom. The van der Waals surface area contributed by atoms with Gasteiger partial charge in [0, 0.05) is 32.9 Å². The maximum Gasteiger partial charge on any atom is 0.267 e. The number of nitrogens with zero attached hydrogens (tertiary/aromatic N) is 3. The highest BCUT2D eigenvalue weighted by Crippen LogP contribution is 2.19. The smallest absolute Gasteiger partial charge is 0.267 e. The Morgan fingerprint density at radius 3 is 2.92 bits per heavy atom. The molecule has 2 heterocycles. The zero-order valence-corrected chi connectivity index (χ0v) is 14.8. The molecule has 0 bridgehead atoms. The van der Waals surface area contributed by atoms with Crippen LogP contribution in [0.5, 0.6) is 0 Å². The lowest BCUT2D eigenvalue weighted by Gasteiger charge is -2.17. The molecule has 0 aliphatic carbocycles. The molecule has 0 unspecified atom stereocenters. The molecule has 1 N–H and O–H groups in total. The Labute approximate surface area is 148 Å². The number of nitriles is 1. The van der Waals surface area contributed by atoms with Crippen molar-refractivity contribution in [3.63, 3.8) is 0 Å². The first-order chi connectivity index (χ1) is 12.1. The van der Waals surface area contributed by atoms with Crippen molar-refractivity contribution in [2.45, 2.75) is 19.9 Å². The van der Waals surface area contributed by atoms with Crippen LogP contribution in [0.1, 0.15) is 33.6 Å². The van der Waals surface area contributed by atoms with E-state index in [4.69, 9.17) is 5.26 Å². The van der Waals surface area contributed by atoms with Crippen molar-refractivity contribution in [3.05, 3.63) is 58.9 Å². The average Bonchev–Trinajstić information content (AvgIpc) is 3.21. The minimum atomic E-state index is -0.110. The quantitative estimate of drug-likeness (QED) is 0.912. The van der Waals surface area contributed by atoms with E-state index in [0.29, 0.717) is 23.7 Å². The van der Waals surface area contributed by atoms with E-state index in [0.717, 1.165) is 26.1 Å². The van der Waals surface area contributed by atoms with Crippen LogP contribution in [0, 0.1) is 24.2 Å². The summed E-state index contributed by atoms with van der Waals surface area (Å²) >= 11 is 0. The minimum Gasteiger partial charge on any atom is -0.350 e. The van der Waals surface area contributed by atoms with Gasteiger partial charge in [0.15, 0.2) is 0 Å². The van der Waals surface area contributed by atoms with Crippen molar-refractivity contribution in [2.75, 3.05) is 19.6 Å². The highest BCUT2D eigenvalue weighted by atomic mass is 16.1. The fourth-order valence-electron chi connectivity index (χ4n) is 3.43. The largest absolute Gasteiger partial charge is 0.350 e. The number of amides is 1. The van der Waals surface area contributed by atoms with E-state index in [2.05, 4.69) is 47.5 Å². The summed E-state index contributed by atoms with van der Waals surface area (Å²) in [7, 11) is 1.79. The number of carbonyl (C=O) groups is 1. The Balaban J connectivity index is 1.50. The number of carbonyl (C=O) groups excluding carboxylic acids is 1. The van der Waals surface area contributed by atoms with Crippen LogP contribution in [-0.4, -0.2) is 35.0 Å². The zero-order valence-electron chi connectivity index (χ0n) is 14.8. The lowest BCUT2D eigenvalue weighted by molar-refractivity contribution is 0.0939. The Bertz CT molecular complexity index is 802. The molecule has 1 aliphatic rings. The van der Waals surface area contributed by atoms with Crippen molar-refractivity contribution in [1.82, 2.24) is 14.8 Å². The molecule has 0 saturated carbocycles. The molecule has 0 radical (unpaired) electrons. The Hall–Kier alpha value is -2.58. The molecule has 1 aliphatic heterocycles. The molecular weight excluding hydrogens is 312 g/mol. The van der Waals surface area contributed by atoms with Gasteiger partial charge in [0.2, 0.25) is 0 Å². The highest BCUT2D eigenvalue weighted by molar-refractivity contribution is 5.93. The van der Waals surface area contributed by atoms with Gasteiger partial charge in [-0.05, 0) is 43.0 Å². The summed E-state index contributed by atoms with van der Waals surface area (Å²) in [6.45, 7) is 5.87. The van der Waals surface area contributed by atoms with E-state index < -0.39 is 0 Å². The van der Waals surface area contributed by atoms with Gasteiger partial charge in [0.1, 0.15) is 11.8 Å². The van der Waals surface area contributed by atoms with Crippen LogP contribution in [-0.2, 0) is 13.6 Å². The first kappa shape index (κ1) is 17.2. The van der Waals surface area contributed by atoms with E-state index in [1.54, 1.807) is 23.9 Å². The van der Waals surface area contributed by atoms with Crippen LogP contribution in [0.4, 0.5) is 0 Å². The van der Waals surface area contributed by atoms with Crippen molar-refractivity contribution >= 4 is 5.91 Å². The van der Waals surface area contributed by atoms with Crippen molar-refractivity contribution < 1.29 is 4.79 Å². The maximum atomic E-state index is 12.3. The van der Waals surface area contributed by atoms with Gasteiger partial charge in [0.05, 0.1) is 5.56 Å². The zero-order chi connectivity index (χ0) is 17.8. The van der Waals surface area contributed by atoms with Crippen molar-refractivity contribution in [1.29, 1.82) is 5.26 Å². The normalized spacial score (nSPS) is 17.4. The average molecular weight is 336 g/mol. The van der Waals surface area contributed by atoms with Gasteiger partial charge in [0.25, 0.3) is 5.91 Å². The van der Waals surface area contributed by atoms with Crippen LogP contribution in [0.15, 0.2) is 36.5 Å². The predicted octanol–water partition coefficient (Wildman–Crippen LogP) is 2.46. The molecule has 5 nitrogen and oxygen atoms in total. The number of aromatic nitrogens is 1. The molecule has 1 atom stereocenters. The molecule has 1 saturated heterocycles. The Morgan fingerprint density at radius 2 is 2.20 bits per heavy atom. The third-order valence-corrected chi connectivity index (χ3v) is 4.94. The highest BCUT2D eigenvalue weighted by Gasteiger charge is 2.23. The summed E-state index contributed by atoms with van der Waals surface area (Å²) < 4.78 is 1.70. The van der Waals surface area contributed by atoms with Crippen molar-refractivity contribution in [3.8, 4) is 6.07 Å². The van der Waals surface area contributed by atoms with E-state index in [1.807, 2.05) is 0 Å². The van der Waals surface area contributed by atoms with Gasteiger partial charge in [-0.25, -0.2) is 0 Å². The summed E-state index contributed by atoms with van der Waals surface area (Å²) in [6.07, 6.45) is 2.77. The summed E-state index contributed by atoms with van der Waals surface area (Å²) in [6, 6.07) is 12.2. The lowest BCUT2D eigenvalue weighted by Crippen LogP contribution is -2.32. The second-order valence-electron chi connectivity index (χ2n) is 6.86. The molecule has 1 amide bonds. The number of rotatable bonds is 5. The SMILES string of the molecule is Cc1ccccc1CN1CC[C@@H](CNC(=O)c2cc(C#N)cn2C)C1. The summed E-state index contributed by atoms with van der Waals surface area (Å²) in [5.74, 6) is 0.366. The van der Waals surface area contributed by atoms with Crippen LogP contribution >= 0.6 is 0 Å². The fourth-order valence-corrected chi connectivity index (χ4v) is 3.43. The summed E-state index contributed by atoms with van der Waals surface area (Å²) in [4.78, 5) is 14.8. The topological polar surface area (TPSA) is 61.1 Å². The van der Waals surface area contributed by atoms with Crippen LogP contribution < -0.4 is 5.32 Å². The third-order valence-electron chi connectivity index (χ3n) is 4.94. The first-order valence-electron chi connectivity index (χ1n) is 8.68. The molecule has 0 spiro atoms. The molecule has 1 aromatic carbocycles. The van der Waals surface area contributed by atoms with E-state index >= 15 is 0 Å². The van der Waals surface area contributed by atoms with Crippen LogP contribution in [0.25, 0.3) is 0 Å². The Kier molecular flexibility index (Phi) is 5.20. The predicted molar refractivity (Wildman–Crippen MR) is 97.0 cm³/mol. The summed E-state index contributed by atoms with van der Waals surface area (Å²) in [5.41, 5.74) is 3.75. The van der Waals surface area contributed by atoms with Gasteiger partial charge >= 0.3 is 0 Å². The summed E-state index contributed by atoms with van der Waals surface area (Å²) in [5, 5.41) is 11.9. The fraction of sp³-hybridized carbons (Fsp3) is 0.400. The van der Waals surface area contributed by atoms with Gasteiger partial charge in [-0.15, -0.1) is 0 Å². The second-order valence-corrected chi connectivity index (χ2v) is 6.86. The van der Waals surface area contributed by atoms with E-state index in [9.17, 15) is 4.79 Å². The van der Waals surface area contributed by atoms with Crippen LogP contribution in [0.2, 0.25) is 0 Å². The number of hydrogen-bond donors (Lipinski definition) is 1. The molecule has 1 aromatic heterocycles. The van der Waals surface area contributed by atoms with Gasteiger partial charge < -0.3 is 9.88 Å². The molecule has 130 valence electrons. The second kappa shape index (κ2) is 7.54.